The molecule has 0 aromatic carbocycles. The summed E-state index contributed by atoms with van der Waals surface area (Å²) in [5.41, 5.74) is 1.77. The number of rotatable bonds is 2. The Morgan fingerprint density at radius 3 is 3.00 bits per heavy atom. The molecule has 0 radical (unpaired) electrons. The average Bonchev–Trinajstić information content (AvgIpc) is 2.93. The van der Waals surface area contributed by atoms with Crippen molar-refractivity contribution in [3.63, 3.8) is 0 Å². The first-order chi connectivity index (χ1) is 7.27. The average molecular weight is 203 g/mol. The monoisotopic (exact) mass is 203 g/mol. The summed E-state index contributed by atoms with van der Waals surface area (Å²) < 4.78 is 1.64. The second-order valence-electron chi connectivity index (χ2n) is 3.74. The fourth-order valence-corrected chi connectivity index (χ4v) is 1.81. The van der Waals surface area contributed by atoms with Crippen molar-refractivity contribution in [3.8, 4) is 0 Å². The predicted octanol–water partition coefficient (Wildman–Crippen LogP) is 1.30. The smallest absolute Gasteiger partial charge is 0.339 e. The van der Waals surface area contributed by atoms with Gasteiger partial charge in [-0.2, -0.15) is 5.10 Å². The second kappa shape index (κ2) is 2.79. The van der Waals surface area contributed by atoms with E-state index in [2.05, 4.69) is 10.1 Å². The number of carbonyl (C=O) groups is 1. The Morgan fingerprint density at radius 1 is 1.53 bits per heavy atom. The highest BCUT2D eigenvalue weighted by molar-refractivity contribution is 5.89. The summed E-state index contributed by atoms with van der Waals surface area (Å²) in [5, 5.41) is 13.2. The van der Waals surface area contributed by atoms with Gasteiger partial charge in [0.1, 0.15) is 0 Å². The second-order valence-corrected chi connectivity index (χ2v) is 3.74. The lowest BCUT2D eigenvalue weighted by Gasteiger charge is -2.06. The molecule has 0 atom stereocenters. The van der Waals surface area contributed by atoms with Gasteiger partial charge in [-0.3, -0.25) is 0 Å². The molecule has 0 unspecified atom stereocenters. The van der Waals surface area contributed by atoms with Crippen LogP contribution in [0.3, 0.4) is 0 Å². The zero-order chi connectivity index (χ0) is 10.4. The lowest BCUT2D eigenvalue weighted by molar-refractivity contribution is 0.0694. The van der Waals surface area contributed by atoms with Gasteiger partial charge in [0, 0.05) is 18.2 Å². The molecule has 1 aliphatic carbocycles. The molecular formula is C10H9N3O2. The lowest BCUT2D eigenvalue weighted by atomic mass is 10.1. The van der Waals surface area contributed by atoms with Gasteiger partial charge in [0.2, 0.25) is 0 Å². The third-order valence-electron chi connectivity index (χ3n) is 2.65. The van der Waals surface area contributed by atoms with Crippen molar-refractivity contribution in [3.05, 3.63) is 29.7 Å². The fourth-order valence-electron chi connectivity index (χ4n) is 1.81. The number of hydrogen-bond donors (Lipinski definition) is 1. The minimum absolute atomic E-state index is 0.272. The van der Waals surface area contributed by atoms with E-state index >= 15 is 0 Å². The lowest BCUT2D eigenvalue weighted by Crippen LogP contribution is -2.09. The Hall–Kier alpha value is -1.91. The Morgan fingerprint density at radius 2 is 2.33 bits per heavy atom. The quantitative estimate of drug-likeness (QED) is 0.798. The number of nitrogens with zero attached hydrogens (tertiary/aromatic N) is 3. The summed E-state index contributed by atoms with van der Waals surface area (Å²) in [4.78, 5) is 15.1. The van der Waals surface area contributed by atoms with Crippen molar-refractivity contribution in [1.82, 2.24) is 14.6 Å². The van der Waals surface area contributed by atoms with Crippen LogP contribution >= 0.6 is 0 Å². The maximum absolute atomic E-state index is 11.0. The van der Waals surface area contributed by atoms with Gasteiger partial charge in [0.05, 0.1) is 17.5 Å². The van der Waals surface area contributed by atoms with E-state index in [0.29, 0.717) is 11.6 Å². The molecule has 5 heteroatoms. The number of carboxylic acid groups (broad SMARTS) is 1. The van der Waals surface area contributed by atoms with Gasteiger partial charge in [-0.15, -0.1) is 0 Å². The molecule has 1 fully saturated rings. The maximum atomic E-state index is 11.0. The van der Waals surface area contributed by atoms with E-state index in [1.54, 1.807) is 16.8 Å². The highest BCUT2D eigenvalue weighted by atomic mass is 16.4. The van der Waals surface area contributed by atoms with E-state index < -0.39 is 5.97 Å². The topological polar surface area (TPSA) is 67.5 Å². The Kier molecular flexibility index (Phi) is 1.56. The van der Waals surface area contributed by atoms with Crippen LogP contribution in [0.4, 0.5) is 0 Å². The molecule has 15 heavy (non-hydrogen) atoms. The molecule has 2 heterocycles. The van der Waals surface area contributed by atoms with Crippen LogP contribution < -0.4 is 0 Å². The maximum Gasteiger partial charge on any atom is 0.339 e. The van der Waals surface area contributed by atoms with E-state index in [4.69, 9.17) is 5.11 Å². The molecule has 76 valence electrons. The van der Waals surface area contributed by atoms with Gasteiger partial charge in [0.25, 0.3) is 0 Å². The highest BCUT2D eigenvalue weighted by Crippen LogP contribution is 2.41. The summed E-state index contributed by atoms with van der Waals surface area (Å²) in [6.45, 7) is 0. The van der Waals surface area contributed by atoms with Gasteiger partial charge < -0.3 is 5.11 Å². The van der Waals surface area contributed by atoms with Gasteiger partial charge in [0.15, 0.2) is 5.65 Å². The Bertz CT molecular complexity index is 543. The summed E-state index contributed by atoms with van der Waals surface area (Å²) in [6.07, 6.45) is 5.14. The predicted molar refractivity (Wildman–Crippen MR) is 51.9 cm³/mol. The van der Waals surface area contributed by atoms with E-state index in [-0.39, 0.29) is 5.56 Å². The number of fused-ring (bicyclic) bond motifs is 1. The normalized spacial score (nSPS) is 15.7. The number of aromatic nitrogens is 3. The standard InChI is InChI=1S/C10H9N3O2/c14-10(15)7-5-11-8-3-4-12-13(8)9(7)6-1-2-6/h3-6H,1-2H2,(H,14,15). The van der Waals surface area contributed by atoms with Crippen LogP contribution in [-0.4, -0.2) is 25.7 Å². The molecule has 0 amide bonds. The van der Waals surface area contributed by atoms with E-state index in [1.165, 1.54) is 6.20 Å². The minimum atomic E-state index is -0.929. The Balaban J connectivity index is 2.34. The molecule has 1 saturated carbocycles. The first-order valence-electron chi connectivity index (χ1n) is 4.83. The summed E-state index contributed by atoms with van der Waals surface area (Å²) >= 11 is 0. The van der Waals surface area contributed by atoms with Gasteiger partial charge in [-0.1, -0.05) is 0 Å². The zero-order valence-electron chi connectivity index (χ0n) is 7.92. The summed E-state index contributed by atoms with van der Waals surface area (Å²) in [7, 11) is 0. The van der Waals surface area contributed by atoms with Crippen LogP contribution in [0.25, 0.3) is 5.65 Å². The van der Waals surface area contributed by atoms with Crippen molar-refractivity contribution in [1.29, 1.82) is 0 Å². The van der Waals surface area contributed by atoms with Crippen LogP contribution in [0, 0.1) is 0 Å². The zero-order valence-corrected chi connectivity index (χ0v) is 7.92. The molecule has 1 N–H and O–H groups in total. The van der Waals surface area contributed by atoms with E-state index in [9.17, 15) is 4.79 Å². The van der Waals surface area contributed by atoms with Crippen LogP contribution in [0.5, 0.6) is 0 Å². The van der Waals surface area contributed by atoms with Crippen molar-refractivity contribution in [2.24, 2.45) is 0 Å². The van der Waals surface area contributed by atoms with Crippen molar-refractivity contribution >= 4 is 11.6 Å². The van der Waals surface area contributed by atoms with E-state index in [0.717, 1.165) is 18.5 Å². The largest absolute Gasteiger partial charge is 0.478 e. The molecular weight excluding hydrogens is 194 g/mol. The van der Waals surface area contributed by atoms with Crippen molar-refractivity contribution in [2.45, 2.75) is 18.8 Å². The molecule has 0 bridgehead atoms. The molecule has 2 aromatic rings. The number of aromatic carboxylic acids is 1. The molecule has 0 aliphatic heterocycles. The van der Waals surface area contributed by atoms with Crippen LogP contribution in [0.15, 0.2) is 18.5 Å². The highest BCUT2D eigenvalue weighted by Gasteiger charge is 2.31. The molecule has 3 rings (SSSR count). The minimum Gasteiger partial charge on any atom is -0.478 e. The third kappa shape index (κ3) is 1.20. The first-order valence-corrected chi connectivity index (χ1v) is 4.83. The molecule has 0 saturated heterocycles. The first kappa shape index (κ1) is 8.40. The van der Waals surface area contributed by atoms with E-state index in [1.807, 2.05) is 0 Å². The van der Waals surface area contributed by atoms with Crippen LogP contribution in [0.1, 0.15) is 34.8 Å². The van der Waals surface area contributed by atoms with Gasteiger partial charge >= 0.3 is 5.97 Å². The fraction of sp³-hybridized carbons (Fsp3) is 0.300. The number of carboxylic acids is 1. The SMILES string of the molecule is O=C(O)c1cnc2ccnn2c1C1CC1. The summed E-state index contributed by atoms with van der Waals surface area (Å²) in [5.74, 6) is -0.594. The third-order valence-corrected chi connectivity index (χ3v) is 2.65. The van der Waals surface area contributed by atoms with Gasteiger partial charge in [-0.05, 0) is 12.8 Å². The molecule has 1 aliphatic rings. The molecule has 0 spiro atoms. The van der Waals surface area contributed by atoms with Crippen molar-refractivity contribution < 1.29 is 9.90 Å². The molecule has 5 nitrogen and oxygen atoms in total. The van der Waals surface area contributed by atoms with Crippen LogP contribution in [-0.2, 0) is 0 Å². The summed E-state index contributed by atoms with van der Waals surface area (Å²) in [6, 6.07) is 1.78. The van der Waals surface area contributed by atoms with Gasteiger partial charge in [-0.25, -0.2) is 14.3 Å². The molecule has 2 aromatic heterocycles. The van der Waals surface area contributed by atoms with Crippen LogP contribution in [0.2, 0.25) is 0 Å². The number of hydrogen-bond acceptors (Lipinski definition) is 3. The Labute approximate surface area is 85.4 Å². The van der Waals surface area contributed by atoms with Crippen molar-refractivity contribution in [2.75, 3.05) is 0 Å².